The zero-order valence-electron chi connectivity index (χ0n) is 11.1. The van der Waals surface area contributed by atoms with Gasteiger partial charge >= 0.3 is 0 Å². The minimum absolute atomic E-state index is 0.299. The highest BCUT2D eigenvalue weighted by atomic mass is 16.5. The summed E-state index contributed by atoms with van der Waals surface area (Å²) in [5.74, 6) is 1.75. The number of rotatable bonds is 4. The van der Waals surface area contributed by atoms with Crippen molar-refractivity contribution < 1.29 is 4.52 Å². The van der Waals surface area contributed by atoms with Crippen LogP contribution in [0, 0.1) is 0 Å². The SMILES string of the molecule is CC(C)c1noc(CCc2cn3ccccc3n2)n1. The molecule has 0 amide bonds. The minimum atomic E-state index is 0.299. The van der Waals surface area contributed by atoms with Crippen LogP contribution >= 0.6 is 0 Å². The second-order valence-corrected chi connectivity index (χ2v) is 4.90. The van der Waals surface area contributed by atoms with Crippen LogP contribution in [-0.4, -0.2) is 19.5 Å². The molecular weight excluding hydrogens is 240 g/mol. The zero-order chi connectivity index (χ0) is 13.2. The summed E-state index contributed by atoms with van der Waals surface area (Å²) in [5.41, 5.74) is 2.00. The van der Waals surface area contributed by atoms with Crippen LogP contribution in [0.15, 0.2) is 35.1 Å². The van der Waals surface area contributed by atoms with E-state index >= 15 is 0 Å². The monoisotopic (exact) mass is 256 g/mol. The van der Waals surface area contributed by atoms with E-state index in [1.165, 1.54) is 0 Å². The number of aryl methyl sites for hydroxylation is 2. The van der Waals surface area contributed by atoms with Gasteiger partial charge in [-0.2, -0.15) is 4.98 Å². The molecule has 3 aromatic heterocycles. The summed E-state index contributed by atoms with van der Waals surface area (Å²) in [6, 6.07) is 5.97. The van der Waals surface area contributed by atoms with Gasteiger partial charge in [-0.3, -0.25) is 0 Å². The molecule has 19 heavy (non-hydrogen) atoms. The molecular formula is C14H16N4O. The maximum Gasteiger partial charge on any atom is 0.227 e. The Morgan fingerprint density at radius 2 is 2.11 bits per heavy atom. The molecule has 0 aromatic carbocycles. The number of imidazole rings is 1. The van der Waals surface area contributed by atoms with Gasteiger partial charge in [-0.25, -0.2) is 4.98 Å². The maximum atomic E-state index is 5.23. The Bertz CT molecular complexity index is 650. The molecule has 0 radical (unpaired) electrons. The van der Waals surface area contributed by atoms with Crippen LogP contribution in [-0.2, 0) is 12.8 Å². The van der Waals surface area contributed by atoms with Crippen LogP contribution in [0.1, 0.15) is 37.2 Å². The van der Waals surface area contributed by atoms with E-state index in [-0.39, 0.29) is 0 Å². The van der Waals surface area contributed by atoms with Gasteiger partial charge in [-0.15, -0.1) is 0 Å². The molecule has 0 unspecified atom stereocenters. The molecule has 0 aliphatic rings. The average Bonchev–Trinajstić information content (AvgIpc) is 3.02. The van der Waals surface area contributed by atoms with Crippen LogP contribution in [0.25, 0.3) is 5.65 Å². The summed E-state index contributed by atoms with van der Waals surface area (Å²) in [7, 11) is 0. The van der Waals surface area contributed by atoms with Gasteiger partial charge in [0.05, 0.1) is 5.69 Å². The molecule has 0 saturated heterocycles. The molecule has 5 nitrogen and oxygen atoms in total. The quantitative estimate of drug-likeness (QED) is 0.720. The second-order valence-electron chi connectivity index (χ2n) is 4.90. The fourth-order valence-electron chi connectivity index (χ4n) is 1.95. The van der Waals surface area contributed by atoms with Crippen molar-refractivity contribution in [3.05, 3.63) is 48.0 Å². The molecule has 0 aliphatic carbocycles. The van der Waals surface area contributed by atoms with Crippen molar-refractivity contribution >= 4 is 5.65 Å². The fraction of sp³-hybridized carbons (Fsp3) is 0.357. The first-order chi connectivity index (χ1) is 9.22. The molecule has 3 rings (SSSR count). The van der Waals surface area contributed by atoms with Crippen molar-refractivity contribution in [1.29, 1.82) is 0 Å². The highest BCUT2D eigenvalue weighted by Gasteiger charge is 2.10. The number of hydrogen-bond donors (Lipinski definition) is 0. The summed E-state index contributed by atoms with van der Waals surface area (Å²) in [5, 5.41) is 3.96. The Morgan fingerprint density at radius 3 is 2.84 bits per heavy atom. The van der Waals surface area contributed by atoms with E-state index in [0.29, 0.717) is 11.8 Å². The second kappa shape index (κ2) is 4.84. The summed E-state index contributed by atoms with van der Waals surface area (Å²) in [6.45, 7) is 4.10. The Labute approximate surface area is 111 Å². The predicted octanol–water partition coefficient (Wildman–Crippen LogP) is 2.63. The molecule has 0 N–H and O–H groups in total. The molecule has 3 heterocycles. The molecule has 98 valence electrons. The Balaban J connectivity index is 1.71. The van der Waals surface area contributed by atoms with E-state index in [1.54, 1.807) is 0 Å². The van der Waals surface area contributed by atoms with Crippen LogP contribution in [0.3, 0.4) is 0 Å². The molecule has 0 fully saturated rings. The van der Waals surface area contributed by atoms with Crippen molar-refractivity contribution in [2.75, 3.05) is 0 Å². The highest BCUT2D eigenvalue weighted by Crippen LogP contribution is 2.12. The van der Waals surface area contributed by atoms with Gasteiger partial charge in [0, 0.05) is 24.7 Å². The summed E-state index contributed by atoms with van der Waals surface area (Å²) in [4.78, 5) is 8.91. The average molecular weight is 256 g/mol. The molecule has 0 bridgehead atoms. The number of nitrogens with zero attached hydrogens (tertiary/aromatic N) is 4. The van der Waals surface area contributed by atoms with Gasteiger partial charge < -0.3 is 8.92 Å². The normalized spacial score (nSPS) is 11.5. The Kier molecular flexibility index (Phi) is 3.03. The van der Waals surface area contributed by atoms with Crippen molar-refractivity contribution in [2.45, 2.75) is 32.6 Å². The van der Waals surface area contributed by atoms with Crippen LogP contribution in [0.2, 0.25) is 0 Å². The van der Waals surface area contributed by atoms with Gasteiger partial charge in [0.1, 0.15) is 5.65 Å². The van der Waals surface area contributed by atoms with E-state index in [0.717, 1.165) is 30.0 Å². The van der Waals surface area contributed by atoms with Crippen molar-refractivity contribution in [3.63, 3.8) is 0 Å². The van der Waals surface area contributed by atoms with Crippen LogP contribution in [0.5, 0.6) is 0 Å². The van der Waals surface area contributed by atoms with E-state index in [1.807, 2.05) is 35.0 Å². The van der Waals surface area contributed by atoms with Crippen LogP contribution < -0.4 is 0 Å². The third kappa shape index (κ3) is 2.50. The van der Waals surface area contributed by atoms with Gasteiger partial charge in [0.25, 0.3) is 0 Å². The zero-order valence-corrected chi connectivity index (χ0v) is 11.1. The largest absolute Gasteiger partial charge is 0.339 e. The summed E-state index contributed by atoms with van der Waals surface area (Å²) >= 11 is 0. The number of fused-ring (bicyclic) bond motifs is 1. The molecule has 0 atom stereocenters. The van der Waals surface area contributed by atoms with E-state index in [2.05, 4.69) is 29.0 Å². The standard InChI is InChI=1S/C14H16N4O/c1-10(2)14-16-13(19-17-14)7-6-11-9-18-8-4-3-5-12(18)15-11/h3-5,8-10H,6-7H2,1-2H3. The minimum Gasteiger partial charge on any atom is -0.339 e. The van der Waals surface area contributed by atoms with E-state index < -0.39 is 0 Å². The molecule has 0 saturated carbocycles. The van der Waals surface area contributed by atoms with E-state index in [4.69, 9.17) is 4.52 Å². The first-order valence-corrected chi connectivity index (χ1v) is 6.47. The van der Waals surface area contributed by atoms with Crippen molar-refractivity contribution in [1.82, 2.24) is 19.5 Å². The Morgan fingerprint density at radius 1 is 1.21 bits per heavy atom. The van der Waals surface area contributed by atoms with E-state index in [9.17, 15) is 0 Å². The van der Waals surface area contributed by atoms with Gasteiger partial charge in [-0.1, -0.05) is 25.1 Å². The van der Waals surface area contributed by atoms with Crippen LogP contribution in [0.4, 0.5) is 0 Å². The van der Waals surface area contributed by atoms with Gasteiger partial charge in [-0.05, 0) is 18.6 Å². The number of aromatic nitrogens is 4. The summed E-state index contributed by atoms with van der Waals surface area (Å²) < 4.78 is 7.24. The lowest BCUT2D eigenvalue weighted by Crippen LogP contribution is -1.94. The highest BCUT2D eigenvalue weighted by molar-refractivity contribution is 5.39. The fourth-order valence-corrected chi connectivity index (χ4v) is 1.95. The lowest BCUT2D eigenvalue weighted by atomic mass is 10.2. The number of hydrogen-bond acceptors (Lipinski definition) is 4. The smallest absolute Gasteiger partial charge is 0.227 e. The van der Waals surface area contributed by atoms with Gasteiger partial charge in [0.2, 0.25) is 5.89 Å². The molecule has 5 heteroatoms. The van der Waals surface area contributed by atoms with Crippen molar-refractivity contribution in [2.24, 2.45) is 0 Å². The lowest BCUT2D eigenvalue weighted by Gasteiger charge is -1.92. The lowest BCUT2D eigenvalue weighted by molar-refractivity contribution is 0.371. The van der Waals surface area contributed by atoms with Gasteiger partial charge in [0.15, 0.2) is 5.82 Å². The maximum absolute atomic E-state index is 5.23. The molecule has 0 aliphatic heterocycles. The first kappa shape index (κ1) is 11.9. The molecule has 0 spiro atoms. The first-order valence-electron chi connectivity index (χ1n) is 6.47. The topological polar surface area (TPSA) is 56.2 Å². The predicted molar refractivity (Wildman–Crippen MR) is 71.0 cm³/mol. The third-order valence-corrected chi connectivity index (χ3v) is 3.01. The van der Waals surface area contributed by atoms with Crippen molar-refractivity contribution in [3.8, 4) is 0 Å². The Hall–Kier alpha value is -2.17. The number of pyridine rings is 1. The third-order valence-electron chi connectivity index (χ3n) is 3.01. The molecule has 3 aromatic rings. The summed E-state index contributed by atoms with van der Waals surface area (Å²) in [6.07, 6.45) is 5.56.